The Morgan fingerprint density at radius 3 is 2.52 bits per heavy atom. The molecule has 10 nitrogen and oxygen atoms in total. The van der Waals surface area contributed by atoms with E-state index in [1.54, 1.807) is 0 Å². The molecule has 0 saturated carbocycles. The number of rotatable bonds is 11. The van der Waals surface area contributed by atoms with Gasteiger partial charge in [-0.25, -0.2) is 16.8 Å². The number of unbranched alkanes of at least 4 members (excludes halogenated alkanes) is 2. The van der Waals surface area contributed by atoms with Gasteiger partial charge in [0, 0.05) is 25.9 Å². The number of nitrogens with one attached hydrogen (secondary N) is 1. The Bertz CT molecular complexity index is 1020. The van der Waals surface area contributed by atoms with Crippen LogP contribution in [-0.4, -0.2) is 69.3 Å². The van der Waals surface area contributed by atoms with Gasteiger partial charge in [0.05, 0.1) is 29.2 Å². The number of sulfone groups is 1. The van der Waals surface area contributed by atoms with Crippen LogP contribution >= 0.6 is 0 Å². The number of hydrogen-bond acceptors (Lipinski definition) is 7. The van der Waals surface area contributed by atoms with E-state index in [-0.39, 0.29) is 47.2 Å². The number of hydrogen-bond donors (Lipinski definition) is 2. The molecule has 0 unspecified atom stereocenters. The summed E-state index contributed by atoms with van der Waals surface area (Å²) < 4.78 is 57.1. The second kappa shape index (κ2) is 10.4. The van der Waals surface area contributed by atoms with Crippen LogP contribution in [0.3, 0.4) is 0 Å². The lowest BCUT2D eigenvalue weighted by atomic mass is 10.2. The van der Waals surface area contributed by atoms with E-state index in [4.69, 9.17) is 9.84 Å². The molecular formula is C19H28N2O8S2. The largest absolute Gasteiger partial charge is 0.495 e. The zero-order valence-electron chi connectivity index (χ0n) is 17.5. The van der Waals surface area contributed by atoms with Crippen LogP contribution in [0.25, 0.3) is 0 Å². The van der Waals surface area contributed by atoms with Gasteiger partial charge in [0.2, 0.25) is 15.9 Å². The molecule has 1 aliphatic heterocycles. The zero-order valence-corrected chi connectivity index (χ0v) is 19.2. The van der Waals surface area contributed by atoms with Gasteiger partial charge in [-0.05, 0) is 37.5 Å². The summed E-state index contributed by atoms with van der Waals surface area (Å²) in [6, 6.07) is 3.37. The summed E-state index contributed by atoms with van der Waals surface area (Å²) in [7, 11) is -6.01. The molecule has 0 aromatic heterocycles. The summed E-state index contributed by atoms with van der Waals surface area (Å²) in [6.07, 6.45) is 1.49. The van der Waals surface area contributed by atoms with E-state index in [9.17, 15) is 26.4 Å². The molecule has 2 N–H and O–H groups in total. The van der Waals surface area contributed by atoms with Crippen molar-refractivity contribution in [3.05, 3.63) is 18.2 Å². The lowest BCUT2D eigenvalue weighted by Crippen LogP contribution is -2.41. The molecule has 31 heavy (non-hydrogen) atoms. The number of amides is 1. The van der Waals surface area contributed by atoms with E-state index in [0.29, 0.717) is 19.3 Å². The third-order valence-corrected chi connectivity index (χ3v) is 8.67. The Kier molecular flexibility index (Phi) is 8.43. The van der Waals surface area contributed by atoms with Crippen LogP contribution in [0.1, 0.15) is 39.0 Å². The molecule has 1 amide bonds. The molecule has 1 aliphatic rings. The molecule has 1 saturated heterocycles. The molecule has 1 aromatic rings. The Hall–Kier alpha value is -2.18. The molecule has 0 aliphatic carbocycles. The van der Waals surface area contributed by atoms with E-state index in [1.807, 2.05) is 0 Å². The van der Waals surface area contributed by atoms with Crippen molar-refractivity contribution < 1.29 is 36.3 Å². The number of anilines is 1. The fraction of sp³-hybridized carbons (Fsp3) is 0.579. The highest BCUT2D eigenvalue weighted by molar-refractivity contribution is 7.92. The Balaban J connectivity index is 2.32. The number of carboxylic acid groups (broad SMARTS) is 1. The second-order valence-corrected chi connectivity index (χ2v) is 11.5. The minimum atomic E-state index is -4.08. The number of ether oxygens (including phenoxy) is 1. The minimum absolute atomic E-state index is 0.0108. The van der Waals surface area contributed by atoms with Crippen molar-refractivity contribution in [3.8, 4) is 5.75 Å². The highest BCUT2D eigenvalue weighted by Crippen LogP contribution is 2.31. The predicted octanol–water partition coefficient (Wildman–Crippen LogP) is 1.48. The Morgan fingerprint density at radius 2 is 1.97 bits per heavy atom. The summed E-state index contributed by atoms with van der Waals surface area (Å²) in [5.74, 6) is -1.36. The topological polar surface area (TPSA) is 147 Å². The van der Waals surface area contributed by atoms with Crippen LogP contribution < -0.4 is 10.1 Å². The molecule has 1 atom stereocenters. The number of sulfonamides is 1. The molecule has 0 spiro atoms. The fourth-order valence-corrected chi connectivity index (χ4v) is 7.04. The van der Waals surface area contributed by atoms with Crippen molar-refractivity contribution in [2.45, 2.75) is 50.0 Å². The molecule has 2 rings (SSSR count). The van der Waals surface area contributed by atoms with Crippen molar-refractivity contribution >= 4 is 37.4 Å². The number of methoxy groups -OCH3 is 1. The fourth-order valence-electron chi connectivity index (χ4n) is 3.49. The molecule has 174 valence electrons. The van der Waals surface area contributed by atoms with Gasteiger partial charge in [0.25, 0.3) is 0 Å². The number of nitrogens with zero attached hydrogens (tertiary/aromatic N) is 1. The van der Waals surface area contributed by atoms with Crippen molar-refractivity contribution in [2.24, 2.45) is 0 Å². The summed E-state index contributed by atoms with van der Waals surface area (Å²) in [6.45, 7) is 1.36. The third kappa shape index (κ3) is 6.91. The molecule has 12 heteroatoms. The van der Waals surface area contributed by atoms with E-state index in [1.165, 1.54) is 36.5 Å². The smallest absolute Gasteiger partial charge is 0.303 e. The van der Waals surface area contributed by atoms with Crippen LogP contribution in [-0.2, 0) is 29.4 Å². The highest BCUT2D eigenvalue weighted by Gasteiger charge is 2.38. The van der Waals surface area contributed by atoms with Crippen LogP contribution in [0.5, 0.6) is 5.75 Å². The van der Waals surface area contributed by atoms with Crippen molar-refractivity contribution in [2.75, 3.05) is 30.5 Å². The predicted molar refractivity (Wildman–Crippen MR) is 114 cm³/mol. The molecular weight excluding hydrogens is 448 g/mol. The first-order valence-corrected chi connectivity index (χ1v) is 13.1. The van der Waals surface area contributed by atoms with Gasteiger partial charge in [-0.15, -0.1) is 0 Å². The van der Waals surface area contributed by atoms with Crippen molar-refractivity contribution in [1.29, 1.82) is 0 Å². The SMILES string of the molecule is COc1ccc(S(=O)(=O)N(CCCCCC(=O)O)[C@@H]2CCS(=O)(=O)C2)cc1NC(C)=O. The quantitative estimate of drug-likeness (QED) is 0.456. The molecule has 1 fully saturated rings. The first-order chi connectivity index (χ1) is 14.5. The second-order valence-electron chi connectivity index (χ2n) is 7.42. The molecule has 0 bridgehead atoms. The summed E-state index contributed by atoms with van der Waals surface area (Å²) >= 11 is 0. The number of carbonyl (C=O) groups is 2. The Labute approximate surface area is 182 Å². The van der Waals surface area contributed by atoms with Gasteiger partial charge in [0.15, 0.2) is 9.84 Å². The number of aliphatic carboxylic acids is 1. The molecule has 0 radical (unpaired) electrons. The normalized spacial score (nSPS) is 18.1. The van der Waals surface area contributed by atoms with Gasteiger partial charge in [0.1, 0.15) is 5.75 Å². The highest BCUT2D eigenvalue weighted by atomic mass is 32.2. The van der Waals surface area contributed by atoms with Gasteiger partial charge in [-0.3, -0.25) is 9.59 Å². The first-order valence-electron chi connectivity index (χ1n) is 9.86. The molecule has 1 aromatic carbocycles. The van der Waals surface area contributed by atoms with E-state index >= 15 is 0 Å². The van der Waals surface area contributed by atoms with Crippen molar-refractivity contribution in [1.82, 2.24) is 4.31 Å². The Morgan fingerprint density at radius 1 is 1.26 bits per heavy atom. The average Bonchev–Trinajstić information content (AvgIpc) is 3.02. The number of benzene rings is 1. The maximum Gasteiger partial charge on any atom is 0.303 e. The number of carboxylic acids is 1. The minimum Gasteiger partial charge on any atom is -0.495 e. The third-order valence-electron chi connectivity index (χ3n) is 4.97. The van der Waals surface area contributed by atoms with Crippen molar-refractivity contribution in [3.63, 3.8) is 0 Å². The van der Waals surface area contributed by atoms with Crippen LogP contribution in [0, 0.1) is 0 Å². The standard InChI is InChI=1S/C19H28N2O8S2/c1-14(22)20-17-12-16(7-8-18(17)29-2)31(27,28)21(10-5-3-4-6-19(23)24)15-9-11-30(25,26)13-15/h7-8,12,15H,3-6,9-11,13H2,1-2H3,(H,20,22)(H,23,24)/t15-/m1/s1. The van der Waals surface area contributed by atoms with Crippen LogP contribution in [0.15, 0.2) is 23.1 Å². The summed E-state index contributed by atoms with van der Waals surface area (Å²) in [5, 5.41) is 11.3. The molecule has 1 heterocycles. The lowest BCUT2D eigenvalue weighted by molar-refractivity contribution is -0.137. The first kappa shape index (κ1) is 25.1. The van der Waals surface area contributed by atoms with Crippen LogP contribution in [0.2, 0.25) is 0 Å². The number of carbonyl (C=O) groups excluding carboxylic acids is 1. The van der Waals surface area contributed by atoms with E-state index in [0.717, 1.165) is 0 Å². The monoisotopic (exact) mass is 476 g/mol. The van der Waals surface area contributed by atoms with Crippen LogP contribution in [0.4, 0.5) is 5.69 Å². The zero-order chi connectivity index (χ0) is 23.2. The lowest BCUT2D eigenvalue weighted by Gasteiger charge is -2.27. The van der Waals surface area contributed by atoms with Gasteiger partial charge in [-0.1, -0.05) is 6.42 Å². The van der Waals surface area contributed by atoms with Gasteiger partial charge in [-0.2, -0.15) is 4.31 Å². The van der Waals surface area contributed by atoms with Gasteiger partial charge >= 0.3 is 5.97 Å². The summed E-state index contributed by atoms with van der Waals surface area (Å²) in [5.41, 5.74) is 0.191. The van der Waals surface area contributed by atoms with E-state index in [2.05, 4.69) is 5.32 Å². The average molecular weight is 477 g/mol. The van der Waals surface area contributed by atoms with Gasteiger partial charge < -0.3 is 15.2 Å². The summed E-state index contributed by atoms with van der Waals surface area (Å²) in [4.78, 5) is 22.1. The van der Waals surface area contributed by atoms with E-state index < -0.39 is 37.8 Å². The maximum absolute atomic E-state index is 13.4. The maximum atomic E-state index is 13.4.